The number of nitrogens with one attached hydrogen (secondary N) is 1. The maximum Gasteiger partial charge on any atom is 0.256 e. The second-order valence-corrected chi connectivity index (χ2v) is 6.61. The van der Waals surface area contributed by atoms with Gasteiger partial charge in [-0.05, 0) is 24.6 Å². The first kappa shape index (κ1) is 17.9. The van der Waals surface area contributed by atoms with Gasteiger partial charge in [0.2, 0.25) is 0 Å². The highest BCUT2D eigenvalue weighted by Gasteiger charge is 2.20. The van der Waals surface area contributed by atoms with Gasteiger partial charge in [-0.3, -0.25) is 4.79 Å². The number of amides is 1. The van der Waals surface area contributed by atoms with Crippen LogP contribution < -0.4 is 5.32 Å². The summed E-state index contributed by atoms with van der Waals surface area (Å²) in [6.45, 7) is 1.09. The largest absolute Gasteiger partial charge is 0.505 e. The number of rotatable bonds is 5. The van der Waals surface area contributed by atoms with Crippen molar-refractivity contribution in [3.05, 3.63) is 57.3 Å². The first-order valence-corrected chi connectivity index (χ1v) is 8.67. The fourth-order valence-electron chi connectivity index (χ4n) is 2.52. The van der Waals surface area contributed by atoms with Crippen LogP contribution >= 0.6 is 34.8 Å². The van der Waals surface area contributed by atoms with Crippen molar-refractivity contribution < 1.29 is 9.90 Å². The van der Waals surface area contributed by atoms with E-state index in [9.17, 15) is 9.90 Å². The van der Waals surface area contributed by atoms with Gasteiger partial charge in [0, 0.05) is 13.1 Å². The Balaban J connectivity index is 1.62. The van der Waals surface area contributed by atoms with E-state index in [4.69, 9.17) is 34.8 Å². The molecule has 1 heterocycles. The molecule has 0 saturated carbocycles. The third kappa shape index (κ3) is 3.68. The van der Waals surface area contributed by atoms with Gasteiger partial charge in [0.1, 0.15) is 11.3 Å². The van der Waals surface area contributed by atoms with Crippen molar-refractivity contribution in [3.8, 4) is 5.75 Å². The second kappa shape index (κ2) is 7.52. The van der Waals surface area contributed by atoms with Crippen molar-refractivity contribution in [3.63, 3.8) is 0 Å². The summed E-state index contributed by atoms with van der Waals surface area (Å²) < 4.78 is 2.02. The smallest absolute Gasteiger partial charge is 0.256 e. The van der Waals surface area contributed by atoms with E-state index in [1.54, 1.807) is 6.33 Å². The third-order valence-electron chi connectivity index (χ3n) is 3.76. The molecule has 0 bridgehead atoms. The van der Waals surface area contributed by atoms with Gasteiger partial charge in [-0.2, -0.15) is 0 Å². The molecule has 0 unspecified atom stereocenters. The number of fused-ring (bicyclic) bond motifs is 1. The van der Waals surface area contributed by atoms with Crippen molar-refractivity contribution in [2.24, 2.45) is 0 Å². The van der Waals surface area contributed by atoms with E-state index in [1.807, 2.05) is 28.8 Å². The Bertz CT molecular complexity index is 914. The summed E-state index contributed by atoms with van der Waals surface area (Å²) in [7, 11) is 0. The normalized spacial score (nSPS) is 11.0. The monoisotopic (exact) mass is 397 g/mol. The van der Waals surface area contributed by atoms with Gasteiger partial charge in [0.05, 0.1) is 32.4 Å². The van der Waals surface area contributed by atoms with Gasteiger partial charge >= 0.3 is 0 Å². The number of aryl methyl sites for hydroxylation is 1. The fourth-order valence-corrected chi connectivity index (χ4v) is 3.21. The Morgan fingerprint density at radius 1 is 1.20 bits per heavy atom. The number of phenolic OH excluding ortho intramolecular Hbond substituents is 1. The zero-order valence-corrected chi connectivity index (χ0v) is 15.2. The zero-order chi connectivity index (χ0) is 18.0. The van der Waals surface area contributed by atoms with Crippen LogP contribution in [0.3, 0.4) is 0 Å². The Hall–Kier alpha value is -1.95. The fraction of sp³-hybridized carbons (Fsp3) is 0.176. The van der Waals surface area contributed by atoms with Crippen molar-refractivity contribution in [1.82, 2.24) is 14.9 Å². The molecular weight excluding hydrogens is 385 g/mol. The highest BCUT2D eigenvalue weighted by Crippen LogP contribution is 2.38. The maximum absolute atomic E-state index is 12.3. The number of imidazole rings is 1. The summed E-state index contributed by atoms with van der Waals surface area (Å²) in [6, 6.07) is 9.12. The molecule has 1 aromatic heterocycles. The molecule has 3 aromatic rings. The van der Waals surface area contributed by atoms with Gasteiger partial charge in [0.15, 0.2) is 0 Å². The molecular formula is C17H14Cl3N3O2. The Kier molecular flexibility index (Phi) is 5.37. The van der Waals surface area contributed by atoms with Crippen molar-refractivity contribution >= 4 is 51.7 Å². The molecule has 2 aromatic carbocycles. The van der Waals surface area contributed by atoms with Gasteiger partial charge < -0.3 is 15.0 Å². The molecule has 1 amide bonds. The lowest BCUT2D eigenvalue weighted by Gasteiger charge is -2.11. The van der Waals surface area contributed by atoms with Gasteiger partial charge in [-0.25, -0.2) is 4.98 Å². The number of hydrogen-bond donors (Lipinski definition) is 2. The minimum Gasteiger partial charge on any atom is -0.505 e. The molecule has 0 radical (unpaired) electrons. The van der Waals surface area contributed by atoms with Gasteiger partial charge in [-0.15, -0.1) is 0 Å². The van der Waals surface area contributed by atoms with Crippen molar-refractivity contribution in [2.75, 3.05) is 6.54 Å². The molecule has 2 N–H and O–H groups in total. The van der Waals surface area contributed by atoms with E-state index in [2.05, 4.69) is 10.3 Å². The number of phenols is 1. The molecule has 0 aliphatic rings. The highest BCUT2D eigenvalue weighted by atomic mass is 35.5. The van der Waals surface area contributed by atoms with Crippen LogP contribution in [-0.2, 0) is 6.54 Å². The third-order valence-corrected chi connectivity index (χ3v) is 4.84. The number of para-hydroxylation sites is 2. The summed E-state index contributed by atoms with van der Waals surface area (Å²) >= 11 is 17.7. The number of benzene rings is 2. The predicted octanol–water partition coefficient (Wildman–Crippen LogP) is 4.52. The number of halogens is 3. The summed E-state index contributed by atoms with van der Waals surface area (Å²) in [4.78, 5) is 16.6. The summed E-state index contributed by atoms with van der Waals surface area (Å²) in [5.74, 6) is -0.906. The molecule has 130 valence electrons. The number of nitrogens with zero attached hydrogens (tertiary/aromatic N) is 2. The molecule has 0 fully saturated rings. The Labute approximate surface area is 159 Å². The lowest BCUT2D eigenvalue weighted by Crippen LogP contribution is -2.25. The van der Waals surface area contributed by atoms with E-state index >= 15 is 0 Å². The molecule has 0 atom stereocenters. The number of carbonyl (C=O) groups is 1. The molecule has 0 aliphatic carbocycles. The van der Waals surface area contributed by atoms with Gasteiger partial charge in [-0.1, -0.05) is 46.9 Å². The lowest BCUT2D eigenvalue weighted by atomic mass is 10.2. The predicted molar refractivity (Wildman–Crippen MR) is 99.8 cm³/mol. The van der Waals surface area contributed by atoms with Crippen LogP contribution in [0.1, 0.15) is 16.8 Å². The van der Waals surface area contributed by atoms with E-state index in [0.29, 0.717) is 19.5 Å². The number of carbonyl (C=O) groups excluding carboxylic acids is 1. The van der Waals surface area contributed by atoms with Crippen LogP contribution in [0.15, 0.2) is 36.7 Å². The molecule has 0 spiro atoms. The van der Waals surface area contributed by atoms with E-state index in [1.165, 1.54) is 6.07 Å². The first-order chi connectivity index (χ1) is 12.0. The van der Waals surface area contributed by atoms with Crippen LogP contribution in [0.5, 0.6) is 5.75 Å². The Morgan fingerprint density at radius 3 is 2.76 bits per heavy atom. The van der Waals surface area contributed by atoms with Crippen LogP contribution in [-0.4, -0.2) is 27.1 Å². The van der Waals surface area contributed by atoms with Crippen LogP contribution in [0, 0.1) is 0 Å². The summed E-state index contributed by atoms with van der Waals surface area (Å²) in [5.41, 5.74) is 1.85. The lowest BCUT2D eigenvalue weighted by molar-refractivity contribution is 0.0950. The molecule has 0 aliphatic heterocycles. The van der Waals surface area contributed by atoms with Crippen LogP contribution in [0.2, 0.25) is 15.1 Å². The minimum absolute atomic E-state index is 0.0237. The molecule has 8 heteroatoms. The number of aromatic hydroxyl groups is 1. The van der Waals surface area contributed by atoms with Crippen molar-refractivity contribution in [2.45, 2.75) is 13.0 Å². The minimum atomic E-state index is -0.526. The highest BCUT2D eigenvalue weighted by molar-refractivity contribution is 6.45. The SMILES string of the molecule is O=C(NCCCn1cnc2ccccc21)c1c(O)c(Cl)cc(Cl)c1Cl. The standard InChI is InChI=1S/C17H14Cl3N3O2/c18-10-8-11(19)16(24)14(15(10)20)17(25)21-6-3-7-23-9-22-12-4-1-2-5-13(12)23/h1-2,4-5,8-9,24H,3,6-7H2,(H,21,25). The molecule has 3 rings (SSSR count). The average molecular weight is 399 g/mol. The molecule has 25 heavy (non-hydrogen) atoms. The molecule has 5 nitrogen and oxygen atoms in total. The van der Waals surface area contributed by atoms with Crippen LogP contribution in [0.25, 0.3) is 11.0 Å². The van der Waals surface area contributed by atoms with Gasteiger partial charge in [0.25, 0.3) is 5.91 Å². The van der Waals surface area contributed by atoms with E-state index < -0.39 is 5.91 Å². The summed E-state index contributed by atoms with van der Waals surface area (Å²) in [6.07, 6.45) is 2.45. The van der Waals surface area contributed by atoms with E-state index in [0.717, 1.165) is 11.0 Å². The average Bonchev–Trinajstić information content (AvgIpc) is 3.00. The molecule has 0 saturated heterocycles. The first-order valence-electron chi connectivity index (χ1n) is 7.53. The quantitative estimate of drug-likeness (QED) is 0.490. The summed E-state index contributed by atoms with van der Waals surface area (Å²) in [5, 5.41) is 12.7. The van der Waals surface area contributed by atoms with Crippen LogP contribution in [0.4, 0.5) is 0 Å². The number of hydrogen-bond acceptors (Lipinski definition) is 3. The van der Waals surface area contributed by atoms with Crippen molar-refractivity contribution in [1.29, 1.82) is 0 Å². The topological polar surface area (TPSA) is 67.2 Å². The van der Waals surface area contributed by atoms with E-state index in [-0.39, 0.29) is 26.4 Å². The second-order valence-electron chi connectivity index (χ2n) is 5.41. The zero-order valence-electron chi connectivity index (χ0n) is 13.0. The Morgan fingerprint density at radius 2 is 1.96 bits per heavy atom. The maximum atomic E-state index is 12.3. The number of aromatic nitrogens is 2.